The van der Waals surface area contributed by atoms with Crippen LogP contribution in [0.25, 0.3) is 0 Å². The van der Waals surface area contributed by atoms with Crippen LogP contribution in [-0.4, -0.2) is 12.6 Å². The van der Waals surface area contributed by atoms with E-state index in [1.165, 1.54) is 0 Å². The molecule has 0 fully saturated rings. The summed E-state index contributed by atoms with van der Waals surface area (Å²) in [6, 6.07) is 0. The van der Waals surface area contributed by atoms with Gasteiger partial charge in [0.2, 0.25) is 0 Å². The molecule has 0 unspecified atom stereocenters. The summed E-state index contributed by atoms with van der Waals surface area (Å²) in [6.45, 7) is 5.03. The van der Waals surface area contributed by atoms with Crippen LogP contribution in [0.15, 0.2) is 4.99 Å². The molecule has 0 atom stereocenters. The number of hydrogen-bond acceptors (Lipinski definition) is 1. The van der Waals surface area contributed by atoms with Crippen molar-refractivity contribution in [1.29, 1.82) is 5.41 Å². The fraction of sp³-hybridized carbons (Fsp3) is 0.500. The zero-order chi connectivity index (χ0) is 4.99. The van der Waals surface area contributed by atoms with Crippen molar-refractivity contribution >= 4 is 12.6 Å². The predicted octanol–water partition coefficient (Wildman–Crippen LogP) is 1.07. The molecule has 0 bridgehead atoms. The second-order valence-corrected chi connectivity index (χ2v) is 0.958. The third-order valence-corrected chi connectivity index (χ3v) is 0.526. The van der Waals surface area contributed by atoms with Crippen LogP contribution in [0.4, 0.5) is 0 Å². The molecule has 0 amide bonds. The molecule has 0 heterocycles. The zero-order valence-corrected chi connectivity index (χ0v) is 3.86. The molecule has 0 aliphatic heterocycles. The minimum Gasteiger partial charge on any atom is -0.287 e. The van der Waals surface area contributed by atoms with E-state index in [0.29, 0.717) is 12.3 Å². The Bertz CT molecular complexity index is 65.9. The first-order valence-corrected chi connectivity index (χ1v) is 1.85. The quantitative estimate of drug-likeness (QED) is 0.364. The van der Waals surface area contributed by atoms with Crippen LogP contribution in [0.1, 0.15) is 13.3 Å². The fourth-order valence-electron chi connectivity index (χ4n) is 0.112. The summed E-state index contributed by atoms with van der Waals surface area (Å²) in [5.74, 6) is 0.356. The second-order valence-electron chi connectivity index (χ2n) is 0.958. The Morgan fingerprint density at radius 2 is 2.50 bits per heavy atom. The highest BCUT2D eigenvalue weighted by Crippen LogP contribution is 1.77. The van der Waals surface area contributed by atoms with Crippen LogP contribution in [0.2, 0.25) is 0 Å². The van der Waals surface area contributed by atoms with Gasteiger partial charge in [0, 0.05) is 6.42 Å². The van der Waals surface area contributed by atoms with E-state index >= 15 is 0 Å². The van der Waals surface area contributed by atoms with Crippen LogP contribution in [0.5, 0.6) is 0 Å². The molecule has 0 saturated heterocycles. The number of hydrogen-bond donors (Lipinski definition) is 1. The van der Waals surface area contributed by atoms with Gasteiger partial charge in [0.15, 0.2) is 0 Å². The normalized spacial score (nSPS) is 7.50. The van der Waals surface area contributed by atoms with Crippen LogP contribution < -0.4 is 0 Å². The molecule has 0 rings (SSSR count). The lowest BCUT2D eigenvalue weighted by atomic mass is 10.5. The Kier molecular flexibility index (Phi) is 2.29. The molecule has 1 N–H and O–H groups in total. The lowest BCUT2D eigenvalue weighted by Crippen LogP contribution is -1.82. The predicted molar refractivity (Wildman–Crippen MR) is 27.6 cm³/mol. The van der Waals surface area contributed by atoms with Crippen molar-refractivity contribution in [3.63, 3.8) is 0 Å². The molecule has 2 heteroatoms. The maximum absolute atomic E-state index is 6.76. The average molecular weight is 84.1 g/mol. The topological polar surface area (TPSA) is 36.2 Å². The Balaban J connectivity index is 3.23. The Morgan fingerprint density at radius 3 is 2.50 bits per heavy atom. The Hall–Kier alpha value is -0.660. The minimum absolute atomic E-state index is 0.356. The zero-order valence-electron chi connectivity index (χ0n) is 3.86. The van der Waals surface area contributed by atoms with E-state index in [1.807, 2.05) is 6.92 Å². The molecule has 2 nitrogen and oxygen atoms in total. The summed E-state index contributed by atoms with van der Waals surface area (Å²) in [7, 11) is 0. The molecular formula is C4H8N2. The first kappa shape index (κ1) is 5.34. The van der Waals surface area contributed by atoms with Gasteiger partial charge in [-0.3, -0.25) is 5.41 Å². The van der Waals surface area contributed by atoms with Crippen molar-refractivity contribution in [2.24, 2.45) is 4.99 Å². The lowest BCUT2D eigenvalue weighted by Gasteiger charge is -1.80. The third-order valence-electron chi connectivity index (χ3n) is 0.526. The second kappa shape index (κ2) is 2.57. The fourth-order valence-corrected chi connectivity index (χ4v) is 0.112. The van der Waals surface area contributed by atoms with E-state index in [9.17, 15) is 0 Å². The van der Waals surface area contributed by atoms with Gasteiger partial charge < -0.3 is 0 Å². The van der Waals surface area contributed by atoms with Crippen LogP contribution in [-0.2, 0) is 0 Å². The standard InChI is InChI=1S/C4H8N2/c1-3-4(5)6-2/h5H,2-3H2,1H3. The molecule has 0 aromatic heterocycles. The minimum atomic E-state index is 0.356. The smallest absolute Gasteiger partial charge is 0.119 e. The van der Waals surface area contributed by atoms with Crippen molar-refractivity contribution in [3.05, 3.63) is 0 Å². The van der Waals surface area contributed by atoms with Crippen molar-refractivity contribution in [2.75, 3.05) is 0 Å². The van der Waals surface area contributed by atoms with Crippen molar-refractivity contribution < 1.29 is 0 Å². The third kappa shape index (κ3) is 1.64. The van der Waals surface area contributed by atoms with Gasteiger partial charge in [0.25, 0.3) is 0 Å². The van der Waals surface area contributed by atoms with Gasteiger partial charge in [-0.05, 0) is 6.72 Å². The Labute approximate surface area is 37.4 Å². The molecule has 0 spiro atoms. The monoisotopic (exact) mass is 84.1 g/mol. The van der Waals surface area contributed by atoms with Crippen molar-refractivity contribution in [3.8, 4) is 0 Å². The summed E-state index contributed by atoms with van der Waals surface area (Å²) in [5.41, 5.74) is 0. The van der Waals surface area contributed by atoms with E-state index in [4.69, 9.17) is 5.41 Å². The van der Waals surface area contributed by atoms with Crippen LogP contribution in [0, 0.1) is 5.41 Å². The molecule has 0 aromatic rings. The largest absolute Gasteiger partial charge is 0.287 e. The number of nitrogens with zero attached hydrogens (tertiary/aromatic N) is 1. The molecule has 0 aliphatic carbocycles. The molecule has 0 aliphatic rings. The number of aliphatic imine (C=N–C) groups is 1. The molecule has 0 radical (unpaired) electrons. The first-order chi connectivity index (χ1) is 2.81. The average Bonchev–Trinajstić information content (AvgIpc) is 1.65. The maximum Gasteiger partial charge on any atom is 0.119 e. The summed E-state index contributed by atoms with van der Waals surface area (Å²) in [5, 5.41) is 6.76. The number of amidine groups is 1. The summed E-state index contributed by atoms with van der Waals surface area (Å²) < 4.78 is 0. The van der Waals surface area contributed by atoms with Gasteiger partial charge in [-0.15, -0.1) is 0 Å². The van der Waals surface area contributed by atoms with Gasteiger partial charge in [0.05, 0.1) is 0 Å². The maximum atomic E-state index is 6.76. The molecular weight excluding hydrogens is 76.1 g/mol. The van der Waals surface area contributed by atoms with Gasteiger partial charge in [0.1, 0.15) is 5.84 Å². The van der Waals surface area contributed by atoms with Gasteiger partial charge in [-0.25, -0.2) is 4.99 Å². The van der Waals surface area contributed by atoms with E-state index in [1.54, 1.807) is 0 Å². The SMILES string of the molecule is C=NC(=N)CC. The van der Waals surface area contributed by atoms with Gasteiger partial charge in [-0.1, -0.05) is 6.92 Å². The summed E-state index contributed by atoms with van der Waals surface area (Å²) in [4.78, 5) is 3.34. The lowest BCUT2D eigenvalue weighted by molar-refractivity contribution is 1.21. The van der Waals surface area contributed by atoms with Gasteiger partial charge in [-0.2, -0.15) is 0 Å². The van der Waals surface area contributed by atoms with E-state index in [2.05, 4.69) is 11.7 Å². The highest BCUT2D eigenvalue weighted by atomic mass is 14.8. The molecule has 0 aromatic carbocycles. The molecule has 6 heavy (non-hydrogen) atoms. The van der Waals surface area contributed by atoms with Gasteiger partial charge >= 0.3 is 0 Å². The summed E-state index contributed by atoms with van der Waals surface area (Å²) in [6.07, 6.45) is 0.684. The van der Waals surface area contributed by atoms with Crippen LogP contribution >= 0.6 is 0 Å². The van der Waals surface area contributed by atoms with E-state index in [0.717, 1.165) is 0 Å². The van der Waals surface area contributed by atoms with Crippen LogP contribution in [0.3, 0.4) is 0 Å². The van der Waals surface area contributed by atoms with E-state index < -0.39 is 0 Å². The number of rotatable bonds is 1. The van der Waals surface area contributed by atoms with Crippen molar-refractivity contribution in [2.45, 2.75) is 13.3 Å². The highest BCUT2D eigenvalue weighted by Gasteiger charge is 1.77. The highest BCUT2D eigenvalue weighted by molar-refractivity contribution is 5.82. The summed E-state index contributed by atoms with van der Waals surface area (Å²) >= 11 is 0. The van der Waals surface area contributed by atoms with E-state index in [-0.39, 0.29) is 0 Å². The Morgan fingerprint density at radius 1 is 2.00 bits per heavy atom. The molecule has 0 saturated carbocycles. The van der Waals surface area contributed by atoms with Crippen molar-refractivity contribution in [1.82, 2.24) is 0 Å². The number of nitrogens with one attached hydrogen (secondary N) is 1. The molecule has 34 valence electrons. The first-order valence-electron chi connectivity index (χ1n) is 1.85.